The number of nitro groups is 2. The van der Waals surface area contributed by atoms with E-state index in [0.29, 0.717) is 4.88 Å². The van der Waals surface area contributed by atoms with Gasteiger partial charge in [-0.1, -0.05) is 18.2 Å². The van der Waals surface area contributed by atoms with Crippen LogP contribution < -0.4 is 10.1 Å². The number of para-hydroxylation sites is 1. The molecular weight excluding hydrogens is 410 g/mol. The molecule has 0 bridgehead atoms. The number of thiophene rings is 1. The zero-order valence-corrected chi connectivity index (χ0v) is 16.9. The average molecular weight is 427 g/mol. The highest BCUT2D eigenvalue weighted by atomic mass is 32.1. The van der Waals surface area contributed by atoms with Crippen LogP contribution in [0.3, 0.4) is 0 Å². The highest BCUT2D eigenvalue weighted by molar-refractivity contribution is 7.12. The molecule has 0 radical (unpaired) electrons. The van der Waals surface area contributed by atoms with Crippen molar-refractivity contribution in [3.63, 3.8) is 0 Å². The highest BCUT2D eigenvalue weighted by Crippen LogP contribution is 2.32. The second-order valence-corrected chi connectivity index (χ2v) is 7.39. The van der Waals surface area contributed by atoms with Crippen LogP contribution in [0.15, 0.2) is 47.8 Å². The van der Waals surface area contributed by atoms with Crippen LogP contribution in [0.25, 0.3) is 0 Å². The number of carbonyl (C=O) groups is 1. The van der Waals surface area contributed by atoms with Gasteiger partial charge in [0.15, 0.2) is 0 Å². The molecule has 0 aliphatic rings. The Morgan fingerprint density at radius 2 is 1.70 bits per heavy atom. The smallest absolute Gasteiger partial charge is 0.281 e. The summed E-state index contributed by atoms with van der Waals surface area (Å²) in [6.45, 7) is 3.50. The summed E-state index contributed by atoms with van der Waals surface area (Å²) in [5.41, 5.74) is 0.823. The van der Waals surface area contributed by atoms with Gasteiger partial charge in [-0.05, 0) is 36.9 Å². The van der Waals surface area contributed by atoms with E-state index < -0.39 is 27.1 Å². The summed E-state index contributed by atoms with van der Waals surface area (Å²) in [4.78, 5) is 33.8. The molecule has 3 rings (SSSR count). The lowest BCUT2D eigenvalue weighted by molar-refractivity contribution is -0.395. The zero-order valence-electron chi connectivity index (χ0n) is 16.1. The van der Waals surface area contributed by atoms with Crippen LogP contribution in [-0.2, 0) is 6.61 Å². The molecule has 1 N–H and O–H groups in total. The maximum Gasteiger partial charge on any atom is 0.281 e. The number of nitrogens with one attached hydrogen (secondary N) is 1. The maximum absolute atomic E-state index is 12.5. The van der Waals surface area contributed by atoms with Gasteiger partial charge >= 0.3 is 0 Å². The molecule has 0 saturated carbocycles. The lowest BCUT2D eigenvalue weighted by atomic mass is 10.1. The standard InChI is InChI=1S/C20H17N3O6S/c1-12-5-3-4-6-18(12)29-10-14-7-19(30-11-14)20(24)21-15-8-16(22(25)26)13(2)17(9-15)23(27)28/h3-9,11H,10H2,1-2H3,(H,21,24). The number of aryl methyl sites for hydroxylation is 1. The predicted octanol–water partition coefficient (Wildman–Crippen LogP) is 5.01. The van der Waals surface area contributed by atoms with E-state index in [1.54, 1.807) is 11.4 Å². The summed E-state index contributed by atoms with van der Waals surface area (Å²) in [5.74, 6) is 0.226. The van der Waals surface area contributed by atoms with Crippen LogP contribution >= 0.6 is 11.3 Å². The van der Waals surface area contributed by atoms with E-state index in [0.717, 1.165) is 29.0 Å². The molecule has 0 unspecified atom stereocenters. The van der Waals surface area contributed by atoms with Crippen molar-refractivity contribution >= 4 is 34.3 Å². The van der Waals surface area contributed by atoms with Gasteiger partial charge in [0.05, 0.1) is 20.4 Å². The van der Waals surface area contributed by atoms with Crippen molar-refractivity contribution in [3.8, 4) is 5.75 Å². The number of rotatable bonds is 7. The van der Waals surface area contributed by atoms with E-state index in [1.807, 2.05) is 31.2 Å². The number of carbonyl (C=O) groups excluding carboxylic acids is 1. The number of nitrogens with zero attached hydrogens (tertiary/aromatic N) is 2. The second kappa shape index (κ2) is 8.70. The number of nitro benzene ring substituents is 2. The Labute approximate surface area is 175 Å². The van der Waals surface area contributed by atoms with Crippen molar-refractivity contribution in [2.24, 2.45) is 0 Å². The molecule has 10 heteroatoms. The van der Waals surface area contributed by atoms with E-state index in [9.17, 15) is 25.0 Å². The first-order valence-corrected chi connectivity index (χ1v) is 9.65. The third-order valence-corrected chi connectivity index (χ3v) is 5.35. The minimum absolute atomic E-state index is 0.0184. The number of anilines is 1. The molecular formula is C20H17N3O6S. The summed E-state index contributed by atoms with van der Waals surface area (Å²) < 4.78 is 5.76. The van der Waals surface area contributed by atoms with Crippen LogP contribution in [0.5, 0.6) is 5.75 Å². The van der Waals surface area contributed by atoms with E-state index in [2.05, 4.69) is 5.32 Å². The molecule has 1 amide bonds. The minimum Gasteiger partial charge on any atom is -0.489 e. The highest BCUT2D eigenvalue weighted by Gasteiger charge is 2.24. The Balaban J connectivity index is 1.75. The number of benzene rings is 2. The molecule has 1 heterocycles. The van der Waals surface area contributed by atoms with Crippen molar-refractivity contribution in [1.82, 2.24) is 0 Å². The van der Waals surface area contributed by atoms with Gasteiger partial charge in [-0.2, -0.15) is 0 Å². The lowest BCUT2D eigenvalue weighted by Gasteiger charge is -2.07. The number of hydrogen-bond acceptors (Lipinski definition) is 7. The third-order valence-electron chi connectivity index (χ3n) is 4.37. The normalized spacial score (nSPS) is 10.5. The fraction of sp³-hybridized carbons (Fsp3) is 0.150. The molecule has 3 aromatic rings. The van der Waals surface area contributed by atoms with Gasteiger partial charge in [-0.25, -0.2) is 0 Å². The first-order chi connectivity index (χ1) is 14.3. The average Bonchev–Trinajstić information content (AvgIpc) is 3.17. The van der Waals surface area contributed by atoms with Crippen LogP contribution in [0.2, 0.25) is 0 Å². The van der Waals surface area contributed by atoms with Gasteiger partial charge in [0, 0.05) is 17.7 Å². The summed E-state index contributed by atoms with van der Waals surface area (Å²) >= 11 is 1.18. The molecule has 0 aliphatic heterocycles. The Bertz CT molecular complexity index is 1110. The largest absolute Gasteiger partial charge is 0.489 e. The van der Waals surface area contributed by atoms with Gasteiger partial charge in [0.1, 0.15) is 17.9 Å². The number of ether oxygens (including phenoxy) is 1. The lowest BCUT2D eigenvalue weighted by Crippen LogP contribution is -2.11. The zero-order chi connectivity index (χ0) is 21.8. The first kappa shape index (κ1) is 20.9. The van der Waals surface area contributed by atoms with Crippen molar-refractivity contribution in [2.45, 2.75) is 20.5 Å². The minimum atomic E-state index is -0.718. The summed E-state index contributed by atoms with van der Waals surface area (Å²) in [6.07, 6.45) is 0. The number of amides is 1. The molecule has 9 nitrogen and oxygen atoms in total. The third kappa shape index (κ3) is 4.61. The van der Waals surface area contributed by atoms with Gasteiger partial charge in [-0.15, -0.1) is 11.3 Å². The molecule has 0 saturated heterocycles. The van der Waals surface area contributed by atoms with E-state index in [4.69, 9.17) is 4.74 Å². The molecule has 0 fully saturated rings. The summed E-state index contributed by atoms with van der Waals surface area (Å²) in [6, 6.07) is 11.4. The van der Waals surface area contributed by atoms with Crippen molar-refractivity contribution in [2.75, 3.05) is 5.32 Å². The van der Waals surface area contributed by atoms with Gasteiger partial charge in [0.25, 0.3) is 17.3 Å². The van der Waals surface area contributed by atoms with Crippen molar-refractivity contribution in [3.05, 3.63) is 89.6 Å². The summed E-state index contributed by atoms with van der Waals surface area (Å²) in [5, 5.41) is 26.6. The van der Waals surface area contributed by atoms with Crippen molar-refractivity contribution in [1.29, 1.82) is 0 Å². The van der Waals surface area contributed by atoms with Crippen LogP contribution in [0.4, 0.5) is 17.1 Å². The summed E-state index contributed by atoms with van der Waals surface area (Å²) in [7, 11) is 0. The number of hydrogen-bond donors (Lipinski definition) is 1. The quantitative estimate of drug-likeness (QED) is 0.417. The topological polar surface area (TPSA) is 125 Å². The fourth-order valence-corrected chi connectivity index (χ4v) is 3.57. The Hall–Kier alpha value is -3.79. The van der Waals surface area contributed by atoms with E-state index in [-0.39, 0.29) is 17.9 Å². The fourth-order valence-electron chi connectivity index (χ4n) is 2.78. The Morgan fingerprint density at radius 3 is 2.30 bits per heavy atom. The second-order valence-electron chi connectivity index (χ2n) is 6.48. The molecule has 154 valence electrons. The van der Waals surface area contributed by atoms with Crippen LogP contribution in [-0.4, -0.2) is 15.8 Å². The molecule has 30 heavy (non-hydrogen) atoms. The van der Waals surface area contributed by atoms with Crippen LogP contribution in [0, 0.1) is 34.1 Å². The predicted molar refractivity (Wildman–Crippen MR) is 112 cm³/mol. The molecule has 2 aromatic carbocycles. The molecule has 0 spiro atoms. The molecule has 1 aromatic heterocycles. The van der Waals surface area contributed by atoms with Crippen LogP contribution in [0.1, 0.15) is 26.4 Å². The first-order valence-electron chi connectivity index (χ1n) is 8.77. The van der Waals surface area contributed by atoms with Gasteiger partial charge in [0.2, 0.25) is 0 Å². The van der Waals surface area contributed by atoms with Crippen molar-refractivity contribution < 1.29 is 19.4 Å². The Kier molecular flexibility index (Phi) is 6.07. The monoisotopic (exact) mass is 427 g/mol. The SMILES string of the molecule is Cc1ccccc1OCc1csc(C(=O)Nc2cc([N+](=O)[O-])c(C)c([N+](=O)[O-])c2)c1. The molecule has 0 aliphatic carbocycles. The van der Waals surface area contributed by atoms with E-state index >= 15 is 0 Å². The Morgan fingerprint density at radius 1 is 1.07 bits per heavy atom. The maximum atomic E-state index is 12.5. The van der Waals surface area contributed by atoms with Gasteiger partial charge < -0.3 is 10.1 Å². The van der Waals surface area contributed by atoms with E-state index in [1.165, 1.54) is 18.3 Å². The molecule has 0 atom stereocenters. The van der Waals surface area contributed by atoms with Gasteiger partial charge in [-0.3, -0.25) is 25.0 Å².